The van der Waals surface area contributed by atoms with E-state index < -0.39 is 0 Å². The molecule has 0 bridgehead atoms. The molecule has 0 atom stereocenters. The van der Waals surface area contributed by atoms with Gasteiger partial charge in [-0.05, 0) is 36.6 Å². The summed E-state index contributed by atoms with van der Waals surface area (Å²) in [6, 6.07) is 10.0. The van der Waals surface area contributed by atoms with Gasteiger partial charge < -0.3 is 10.8 Å². The number of pyridine rings is 1. The van der Waals surface area contributed by atoms with Crippen molar-refractivity contribution < 1.29 is 5.11 Å². The van der Waals surface area contributed by atoms with E-state index in [9.17, 15) is 5.11 Å². The van der Waals surface area contributed by atoms with Crippen LogP contribution in [0.5, 0.6) is 0 Å². The monoisotopic (exact) mass is 214 g/mol. The largest absolute Gasteiger partial charge is 0.393 e. The van der Waals surface area contributed by atoms with E-state index in [-0.39, 0.29) is 11.6 Å². The van der Waals surface area contributed by atoms with Crippen LogP contribution in [0.3, 0.4) is 0 Å². The average Bonchev–Trinajstić information content (AvgIpc) is 2.26. The maximum absolute atomic E-state index is 9.37. The summed E-state index contributed by atoms with van der Waals surface area (Å²) < 4.78 is 0. The maximum atomic E-state index is 9.37. The summed E-state index contributed by atoms with van der Waals surface area (Å²) in [5.41, 5.74) is 7.96. The van der Waals surface area contributed by atoms with E-state index in [2.05, 4.69) is 11.1 Å². The highest BCUT2D eigenvalue weighted by molar-refractivity contribution is 5.79. The SMILES string of the molecule is NC1(c2ccc3ncccc3c2)CC(O)C1. The second kappa shape index (κ2) is 3.27. The summed E-state index contributed by atoms with van der Waals surface area (Å²) in [5, 5.41) is 10.5. The Bertz CT molecular complexity index is 532. The maximum Gasteiger partial charge on any atom is 0.0702 e. The number of nitrogens with two attached hydrogens (primary N) is 1. The predicted molar refractivity (Wildman–Crippen MR) is 62.8 cm³/mol. The van der Waals surface area contributed by atoms with Crippen molar-refractivity contribution in [3.8, 4) is 0 Å². The molecule has 0 aliphatic heterocycles. The van der Waals surface area contributed by atoms with Gasteiger partial charge in [0.15, 0.2) is 0 Å². The fraction of sp³-hybridized carbons (Fsp3) is 0.308. The lowest BCUT2D eigenvalue weighted by Crippen LogP contribution is -2.51. The fourth-order valence-electron chi connectivity index (χ4n) is 2.40. The minimum atomic E-state index is -0.344. The minimum Gasteiger partial charge on any atom is -0.393 e. The van der Waals surface area contributed by atoms with E-state index >= 15 is 0 Å². The topological polar surface area (TPSA) is 59.1 Å². The Morgan fingerprint density at radius 2 is 2.12 bits per heavy atom. The van der Waals surface area contributed by atoms with E-state index in [1.54, 1.807) is 6.20 Å². The van der Waals surface area contributed by atoms with Crippen LogP contribution in [0.2, 0.25) is 0 Å². The molecule has 1 aliphatic carbocycles. The van der Waals surface area contributed by atoms with Crippen molar-refractivity contribution in [2.75, 3.05) is 0 Å². The molecule has 3 N–H and O–H groups in total. The standard InChI is InChI=1S/C13H14N2O/c14-13(7-11(16)8-13)10-3-4-12-9(6-10)2-1-5-15-12/h1-6,11,16H,7-8,14H2. The number of nitrogens with zero attached hydrogens (tertiary/aromatic N) is 1. The van der Waals surface area contributed by atoms with Gasteiger partial charge >= 0.3 is 0 Å². The quantitative estimate of drug-likeness (QED) is 0.757. The Labute approximate surface area is 93.9 Å². The molecule has 1 fully saturated rings. The lowest BCUT2D eigenvalue weighted by atomic mass is 9.70. The van der Waals surface area contributed by atoms with Gasteiger partial charge in [-0.1, -0.05) is 12.1 Å². The highest BCUT2D eigenvalue weighted by Gasteiger charge is 2.41. The Balaban J connectivity index is 2.06. The number of hydrogen-bond donors (Lipinski definition) is 2. The first kappa shape index (κ1) is 9.75. The number of rotatable bonds is 1. The van der Waals surface area contributed by atoms with Crippen LogP contribution in [0.25, 0.3) is 10.9 Å². The number of aromatic nitrogens is 1. The lowest BCUT2D eigenvalue weighted by molar-refractivity contribution is 0.0210. The van der Waals surface area contributed by atoms with Gasteiger partial charge in [-0.15, -0.1) is 0 Å². The first-order valence-electron chi connectivity index (χ1n) is 5.50. The van der Waals surface area contributed by atoms with Crippen LogP contribution < -0.4 is 5.73 Å². The molecule has 0 amide bonds. The molecule has 0 saturated heterocycles. The van der Waals surface area contributed by atoms with Crippen molar-refractivity contribution in [2.24, 2.45) is 5.73 Å². The molecule has 0 spiro atoms. The Morgan fingerprint density at radius 3 is 2.88 bits per heavy atom. The molecule has 1 aromatic carbocycles. The molecule has 0 unspecified atom stereocenters. The molecule has 0 radical (unpaired) electrons. The van der Waals surface area contributed by atoms with Gasteiger partial charge in [0.1, 0.15) is 0 Å². The zero-order valence-electron chi connectivity index (χ0n) is 8.93. The van der Waals surface area contributed by atoms with E-state index in [1.807, 2.05) is 24.3 Å². The van der Waals surface area contributed by atoms with Crippen molar-refractivity contribution in [3.05, 3.63) is 42.1 Å². The Morgan fingerprint density at radius 1 is 1.31 bits per heavy atom. The van der Waals surface area contributed by atoms with Crippen molar-refractivity contribution in [1.29, 1.82) is 0 Å². The van der Waals surface area contributed by atoms with Crippen LogP contribution >= 0.6 is 0 Å². The van der Waals surface area contributed by atoms with Crippen LogP contribution in [0.4, 0.5) is 0 Å². The van der Waals surface area contributed by atoms with Gasteiger partial charge in [0, 0.05) is 17.1 Å². The molecule has 1 saturated carbocycles. The number of hydrogen-bond acceptors (Lipinski definition) is 3. The van der Waals surface area contributed by atoms with Gasteiger partial charge in [0.25, 0.3) is 0 Å². The molecule has 16 heavy (non-hydrogen) atoms. The highest BCUT2D eigenvalue weighted by Crippen LogP contribution is 2.39. The van der Waals surface area contributed by atoms with E-state index in [0.717, 1.165) is 16.5 Å². The fourth-order valence-corrected chi connectivity index (χ4v) is 2.40. The summed E-state index contributed by atoms with van der Waals surface area (Å²) in [6.07, 6.45) is 2.85. The first-order chi connectivity index (χ1) is 7.67. The number of aliphatic hydroxyl groups is 1. The summed E-state index contributed by atoms with van der Waals surface area (Å²) >= 11 is 0. The third-order valence-electron chi connectivity index (χ3n) is 3.38. The van der Waals surface area contributed by atoms with Gasteiger partial charge in [-0.25, -0.2) is 0 Å². The van der Waals surface area contributed by atoms with Crippen molar-refractivity contribution >= 4 is 10.9 Å². The van der Waals surface area contributed by atoms with Crippen molar-refractivity contribution in [1.82, 2.24) is 4.98 Å². The summed E-state index contributed by atoms with van der Waals surface area (Å²) in [5.74, 6) is 0. The van der Waals surface area contributed by atoms with Crippen LogP contribution in [0.15, 0.2) is 36.5 Å². The summed E-state index contributed by atoms with van der Waals surface area (Å²) in [7, 11) is 0. The third kappa shape index (κ3) is 1.40. The van der Waals surface area contributed by atoms with Crippen LogP contribution in [0.1, 0.15) is 18.4 Å². The van der Waals surface area contributed by atoms with Crippen LogP contribution in [0, 0.1) is 0 Å². The highest BCUT2D eigenvalue weighted by atomic mass is 16.3. The normalized spacial score (nSPS) is 29.0. The van der Waals surface area contributed by atoms with Gasteiger partial charge in [0.2, 0.25) is 0 Å². The van der Waals surface area contributed by atoms with Gasteiger partial charge in [-0.2, -0.15) is 0 Å². The molecule has 3 heteroatoms. The molecule has 3 rings (SSSR count). The second-order valence-electron chi connectivity index (χ2n) is 4.63. The predicted octanol–water partition coefficient (Wildman–Crippen LogP) is 1.54. The molecule has 2 aromatic rings. The average molecular weight is 214 g/mol. The number of aliphatic hydroxyl groups excluding tert-OH is 1. The molecule has 3 nitrogen and oxygen atoms in total. The second-order valence-corrected chi connectivity index (χ2v) is 4.63. The Kier molecular flexibility index (Phi) is 1.99. The van der Waals surface area contributed by atoms with Crippen LogP contribution in [-0.4, -0.2) is 16.2 Å². The number of fused-ring (bicyclic) bond motifs is 1. The zero-order chi connectivity index (χ0) is 11.2. The number of benzene rings is 1. The van der Waals surface area contributed by atoms with E-state index in [1.165, 1.54) is 0 Å². The van der Waals surface area contributed by atoms with Crippen LogP contribution in [-0.2, 0) is 5.54 Å². The molecule has 1 heterocycles. The molecular weight excluding hydrogens is 200 g/mol. The Hall–Kier alpha value is -1.45. The summed E-state index contributed by atoms with van der Waals surface area (Å²) in [4.78, 5) is 4.27. The molecular formula is C13H14N2O. The molecule has 1 aromatic heterocycles. The smallest absolute Gasteiger partial charge is 0.0702 e. The van der Waals surface area contributed by atoms with E-state index in [0.29, 0.717) is 12.8 Å². The van der Waals surface area contributed by atoms with Gasteiger partial charge in [-0.3, -0.25) is 4.98 Å². The van der Waals surface area contributed by atoms with E-state index in [4.69, 9.17) is 5.73 Å². The molecule has 82 valence electrons. The van der Waals surface area contributed by atoms with Crippen molar-refractivity contribution in [3.63, 3.8) is 0 Å². The van der Waals surface area contributed by atoms with Gasteiger partial charge in [0.05, 0.1) is 11.6 Å². The first-order valence-corrected chi connectivity index (χ1v) is 5.50. The molecule has 1 aliphatic rings. The third-order valence-corrected chi connectivity index (χ3v) is 3.38. The minimum absolute atomic E-state index is 0.241. The van der Waals surface area contributed by atoms with Crippen molar-refractivity contribution in [2.45, 2.75) is 24.5 Å². The lowest BCUT2D eigenvalue weighted by Gasteiger charge is -2.42. The summed E-state index contributed by atoms with van der Waals surface area (Å²) in [6.45, 7) is 0. The zero-order valence-corrected chi connectivity index (χ0v) is 8.93.